The minimum atomic E-state index is -3.57. The Kier molecular flexibility index (Phi) is 3.28. The molecule has 1 aliphatic heterocycles. The predicted molar refractivity (Wildman–Crippen MR) is 73.0 cm³/mol. The number of aromatic amines is 1. The zero-order valence-electron chi connectivity index (χ0n) is 10.7. The number of rotatable bonds is 4. The minimum Gasteiger partial charge on any atom is -0.315 e. The van der Waals surface area contributed by atoms with E-state index in [-0.39, 0.29) is 15.1 Å². The normalized spacial score (nSPS) is 25.0. The highest BCUT2D eigenvalue weighted by Crippen LogP contribution is 2.30. The molecule has 1 atom stereocenters. The molecule has 2 aliphatic rings. The molecule has 0 aromatic carbocycles. The molecule has 19 heavy (non-hydrogen) atoms. The zero-order chi connectivity index (χ0) is 13.6. The molecule has 106 valence electrons. The molecule has 3 rings (SSSR count). The molecule has 1 aliphatic carbocycles. The number of H-pyrrole nitrogens is 1. The van der Waals surface area contributed by atoms with Gasteiger partial charge in [0.05, 0.1) is 0 Å². The zero-order valence-corrected chi connectivity index (χ0v) is 12.3. The Morgan fingerprint density at radius 3 is 2.68 bits per heavy atom. The molecule has 0 amide bonds. The highest BCUT2D eigenvalue weighted by molar-refractivity contribution is 7.91. The second kappa shape index (κ2) is 4.69. The van der Waals surface area contributed by atoms with Crippen LogP contribution in [0.3, 0.4) is 0 Å². The van der Waals surface area contributed by atoms with Gasteiger partial charge in [0, 0.05) is 30.9 Å². The van der Waals surface area contributed by atoms with E-state index in [9.17, 15) is 13.2 Å². The van der Waals surface area contributed by atoms with Gasteiger partial charge >= 0.3 is 4.87 Å². The highest BCUT2D eigenvalue weighted by atomic mass is 32.2. The fraction of sp³-hybridized carbons (Fsp3) is 0.727. The lowest BCUT2D eigenvalue weighted by Gasteiger charge is -2.15. The van der Waals surface area contributed by atoms with Crippen LogP contribution in [0.15, 0.2) is 9.00 Å². The smallest absolute Gasteiger partial charge is 0.305 e. The van der Waals surface area contributed by atoms with Crippen molar-refractivity contribution in [2.24, 2.45) is 0 Å². The van der Waals surface area contributed by atoms with Crippen LogP contribution in [0.2, 0.25) is 0 Å². The number of aryl methyl sites for hydroxylation is 1. The van der Waals surface area contributed by atoms with Gasteiger partial charge in [-0.25, -0.2) is 13.1 Å². The van der Waals surface area contributed by atoms with Crippen LogP contribution in [0.25, 0.3) is 0 Å². The van der Waals surface area contributed by atoms with Crippen molar-refractivity contribution < 1.29 is 8.42 Å². The molecule has 8 heteroatoms. The average Bonchev–Trinajstić information content (AvgIpc) is 2.97. The maximum absolute atomic E-state index is 12.2. The van der Waals surface area contributed by atoms with Crippen LogP contribution in [-0.2, 0) is 10.0 Å². The van der Waals surface area contributed by atoms with E-state index < -0.39 is 10.0 Å². The second-order valence-corrected chi connectivity index (χ2v) is 8.15. The van der Waals surface area contributed by atoms with Crippen molar-refractivity contribution in [3.05, 3.63) is 15.4 Å². The molecule has 0 radical (unpaired) electrons. The monoisotopic (exact) mass is 303 g/mol. The number of hydrogen-bond acceptors (Lipinski definition) is 5. The van der Waals surface area contributed by atoms with Crippen LogP contribution in [0.5, 0.6) is 0 Å². The van der Waals surface area contributed by atoms with Crippen LogP contribution in [0.1, 0.15) is 25.0 Å². The van der Waals surface area contributed by atoms with Gasteiger partial charge in [0.2, 0.25) is 0 Å². The largest absolute Gasteiger partial charge is 0.315 e. The van der Waals surface area contributed by atoms with Crippen LogP contribution in [0.4, 0.5) is 0 Å². The van der Waals surface area contributed by atoms with Gasteiger partial charge in [-0.2, -0.15) is 0 Å². The number of aromatic nitrogens is 1. The molecule has 2 N–H and O–H groups in total. The quantitative estimate of drug-likeness (QED) is 0.836. The lowest BCUT2D eigenvalue weighted by atomic mass is 10.3. The first kappa shape index (κ1) is 13.3. The van der Waals surface area contributed by atoms with E-state index in [0.29, 0.717) is 11.7 Å². The molecule has 0 spiro atoms. The molecule has 1 unspecified atom stereocenters. The van der Waals surface area contributed by atoms with Gasteiger partial charge < -0.3 is 4.98 Å². The van der Waals surface area contributed by atoms with Crippen molar-refractivity contribution in [1.82, 2.24) is 14.6 Å². The van der Waals surface area contributed by atoms with Crippen LogP contribution < -0.4 is 9.60 Å². The molecule has 1 saturated carbocycles. The Hall–Kier alpha value is -0.700. The van der Waals surface area contributed by atoms with E-state index in [2.05, 4.69) is 14.6 Å². The number of likely N-dealkylation sites (tertiary alicyclic amines) is 1. The van der Waals surface area contributed by atoms with E-state index in [1.807, 2.05) is 0 Å². The molecule has 2 heterocycles. The minimum absolute atomic E-state index is 0.0396. The molecule has 6 nitrogen and oxygen atoms in total. The first-order chi connectivity index (χ1) is 8.95. The lowest BCUT2D eigenvalue weighted by Crippen LogP contribution is -2.37. The summed E-state index contributed by atoms with van der Waals surface area (Å²) in [5.74, 6) is 0. The Labute approximate surface area is 115 Å². The predicted octanol–water partition coefficient (Wildman–Crippen LogP) is 0.260. The van der Waals surface area contributed by atoms with Gasteiger partial charge in [0.15, 0.2) is 4.21 Å². The van der Waals surface area contributed by atoms with Crippen molar-refractivity contribution in [3.8, 4) is 0 Å². The van der Waals surface area contributed by atoms with Crippen molar-refractivity contribution in [3.63, 3.8) is 0 Å². The van der Waals surface area contributed by atoms with E-state index in [1.165, 1.54) is 12.8 Å². The summed E-state index contributed by atoms with van der Waals surface area (Å²) in [5.41, 5.74) is 0.416. The summed E-state index contributed by atoms with van der Waals surface area (Å²) in [7, 11) is -3.57. The summed E-state index contributed by atoms with van der Waals surface area (Å²) in [6.45, 7) is 3.35. The summed E-state index contributed by atoms with van der Waals surface area (Å²) in [6, 6.07) is 0.627. The number of nitrogens with one attached hydrogen (secondary N) is 2. The van der Waals surface area contributed by atoms with Crippen molar-refractivity contribution >= 4 is 21.4 Å². The van der Waals surface area contributed by atoms with Crippen LogP contribution in [-0.4, -0.2) is 43.5 Å². The van der Waals surface area contributed by atoms with Gasteiger partial charge in [0.1, 0.15) is 0 Å². The standard InChI is InChI=1S/C11H17N3O3S2/c1-7-10(18-11(15)12-7)19(16,17)13-8-4-5-14(6-8)9-2-3-9/h8-9,13H,2-6H2,1H3,(H,12,15). The summed E-state index contributed by atoms with van der Waals surface area (Å²) >= 11 is 0.749. The third-order valence-corrected chi connectivity index (χ3v) is 6.76. The SMILES string of the molecule is Cc1[nH]c(=O)sc1S(=O)(=O)NC1CCN(C2CC2)C1. The van der Waals surface area contributed by atoms with E-state index >= 15 is 0 Å². The number of sulfonamides is 1. The maximum atomic E-state index is 12.2. The van der Waals surface area contributed by atoms with Crippen LogP contribution >= 0.6 is 11.3 Å². The van der Waals surface area contributed by atoms with Gasteiger partial charge in [-0.1, -0.05) is 11.3 Å². The Bertz CT molecular complexity index is 630. The molecule has 1 aromatic rings. The Morgan fingerprint density at radius 1 is 1.37 bits per heavy atom. The summed E-state index contributed by atoms with van der Waals surface area (Å²) in [4.78, 5) is 15.7. The summed E-state index contributed by atoms with van der Waals surface area (Å²) in [5, 5.41) is 0. The van der Waals surface area contributed by atoms with Gasteiger partial charge in [-0.15, -0.1) is 0 Å². The van der Waals surface area contributed by atoms with Gasteiger partial charge in [-0.3, -0.25) is 9.69 Å². The first-order valence-electron chi connectivity index (χ1n) is 6.42. The Balaban J connectivity index is 1.72. The fourth-order valence-electron chi connectivity index (χ4n) is 2.57. The van der Waals surface area contributed by atoms with E-state index in [1.54, 1.807) is 6.92 Å². The fourth-order valence-corrected chi connectivity index (χ4v) is 5.15. The molecule has 0 bridgehead atoms. The molecule has 1 saturated heterocycles. The van der Waals surface area contributed by atoms with Crippen molar-refractivity contribution in [1.29, 1.82) is 0 Å². The third-order valence-electron chi connectivity index (χ3n) is 3.63. The second-order valence-electron chi connectivity index (χ2n) is 5.26. The molecular weight excluding hydrogens is 286 g/mol. The van der Waals surface area contributed by atoms with Crippen molar-refractivity contribution in [2.45, 2.75) is 42.5 Å². The topological polar surface area (TPSA) is 82.3 Å². The molecular formula is C11H17N3O3S2. The summed E-state index contributed by atoms with van der Waals surface area (Å²) < 4.78 is 27.3. The number of nitrogens with zero attached hydrogens (tertiary/aromatic N) is 1. The third kappa shape index (κ3) is 2.76. The van der Waals surface area contributed by atoms with Crippen LogP contribution in [0, 0.1) is 6.92 Å². The van der Waals surface area contributed by atoms with Gasteiger partial charge in [0.25, 0.3) is 10.0 Å². The average molecular weight is 303 g/mol. The summed E-state index contributed by atoms with van der Waals surface area (Å²) in [6.07, 6.45) is 3.31. The molecule has 1 aromatic heterocycles. The lowest BCUT2D eigenvalue weighted by molar-refractivity contribution is 0.322. The highest BCUT2D eigenvalue weighted by Gasteiger charge is 2.36. The molecule has 2 fully saturated rings. The first-order valence-corrected chi connectivity index (χ1v) is 8.72. The van der Waals surface area contributed by atoms with Crippen molar-refractivity contribution in [2.75, 3.05) is 13.1 Å². The Morgan fingerprint density at radius 2 is 2.11 bits per heavy atom. The number of thiazole rings is 1. The maximum Gasteiger partial charge on any atom is 0.305 e. The van der Waals surface area contributed by atoms with E-state index in [0.717, 1.165) is 30.8 Å². The van der Waals surface area contributed by atoms with E-state index in [4.69, 9.17) is 0 Å². The number of hydrogen-bond donors (Lipinski definition) is 2. The van der Waals surface area contributed by atoms with Gasteiger partial charge in [-0.05, 0) is 26.2 Å².